The second-order valence-electron chi connectivity index (χ2n) is 5.20. The predicted octanol–water partition coefficient (Wildman–Crippen LogP) is 0.999. The SMILES string of the molecule is CNC(=O)[C@H](CCCCNC(=O)OCc1cccc(N)c1)NC. The van der Waals surface area contributed by atoms with Crippen molar-refractivity contribution in [2.75, 3.05) is 26.4 Å². The van der Waals surface area contributed by atoms with Gasteiger partial charge in [0.1, 0.15) is 6.61 Å². The fourth-order valence-electron chi connectivity index (χ4n) is 2.13. The lowest BCUT2D eigenvalue weighted by Gasteiger charge is -2.14. The summed E-state index contributed by atoms with van der Waals surface area (Å²) in [6.45, 7) is 0.704. The van der Waals surface area contributed by atoms with E-state index in [0.29, 0.717) is 12.2 Å². The molecule has 0 fully saturated rings. The average molecular weight is 322 g/mol. The zero-order chi connectivity index (χ0) is 17.1. The van der Waals surface area contributed by atoms with E-state index in [0.717, 1.165) is 24.8 Å². The van der Waals surface area contributed by atoms with Crippen LogP contribution in [-0.2, 0) is 16.1 Å². The zero-order valence-corrected chi connectivity index (χ0v) is 13.7. The van der Waals surface area contributed by atoms with Gasteiger partial charge in [-0.15, -0.1) is 0 Å². The van der Waals surface area contributed by atoms with Crippen LogP contribution in [0.5, 0.6) is 0 Å². The lowest BCUT2D eigenvalue weighted by atomic mass is 10.1. The van der Waals surface area contributed by atoms with Gasteiger partial charge in [-0.3, -0.25) is 4.79 Å². The molecule has 0 saturated heterocycles. The lowest BCUT2D eigenvalue weighted by Crippen LogP contribution is -2.41. The summed E-state index contributed by atoms with van der Waals surface area (Å²) in [7, 11) is 3.37. The molecule has 7 heteroatoms. The van der Waals surface area contributed by atoms with Gasteiger partial charge in [0.15, 0.2) is 0 Å². The molecule has 7 nitrogen and oxygen atoms in total. The maximum Gasteiger partial charge on any atom is 0.407 e. The van der Waals surface area contributed by atoms with E-state index in [4.69, 9.17) is 10.5 Å². The maximum atomic E-state index is 11.6. The Balaban J connectivity index is 2.13. The number of benzene rings is 1. The Hall–Kier alpha value is -2.28. The Kier molecular flexibility index (Phi) is 8.52. The van der Waals surface area contributed by atoms with E-state index in [9.17, 15) is 9.59 Å². The Morgan fingerprint density at radius 2 is 2.04 bits per heavy atom. The van der Waals surface area contributed by atoms with E-state index in [-0.39, 0.29) is 18.6 Å². The van der Waals surface area contributed by atoms with E-state index in [1.54, 1.807) is 26.2 Å². The Morgan fingerprint density at radius 3 is 2.70 bits per heavy atom. The molecule has 0 radical (unpaired) electrons. The summed E-state index contributed by atoms with van der Waals surface area (Å²) in [4.78, 5) is 23.1. The van der Waals surface area contributed by atoms with Gasteiger partial charge in [-0.05, 0) is 44.0 Å². The maximum absolute atomic E-state index is 11.6. The third kappa shape index (κ3) is 7.51. The number of alkyl carbamates (subject to hydrolysis) is 1. The highest BCUT2D eigenvalue weighted by atomic mass is 16.5. The van der Waals surface area contributed by atoms with Crippen LogP contribution in [0.25, 0.3) is 0 Å². The minimum absolute atomic E-state index is 0.0259. The monoisotopic (exact) mass is 322 g/mol. The van der Waals surface area contributed by atoms with Crippen molar-refractivity contribution < 1.29 is 14.3 Å². The number of nitrogens with one attached hydrogen (secondary N) is 3. The number of anilines is 1. The molecule has 23 heavy (non-hydrogen) atoms. The van der Waals surface area contributed by atoms with Crippen molar-refractivity contribution in [3.8, 4) is 0 Å². The molecule has 0 unspecified atom stereocenters. The van der Waals surface area contributed by atoms with Crippen molar-refractivity contribution in [1.29, 1.82) is 0 Å². The second kappa shape index (κ2) is 10.4. The van der Waals surface area contributed by atoms with E-state index >= 15 is 0 Å². The van der Waals surface area contributed by atoms with Crippen LogP contribution in [0.4, 0.5) is 10.5 Å². The van der Waals surface area contributed by atoms with Crippen LogP contribution in [0, 0.1) is 0 Å². The summed E-state index contributed by atoms with van der Waals surface area (Å²) in [6.07, 6.45) is 1.87. The molecule has 0 saturated carbocycles. The van der Waals surface area contributed by atoms with Crippen LogP contribution in [0.15, 0.2) is 24.3 Å². The van der Waals surface area contributed by atoms with Gasteiger partial charge < -0.3 is 26.4 Å². The zero-order valence-electron chi connectivity index (χ0n) is 13.7. The molecule has 0 heterocycles. The molecule has 128 valence electrons. The van der Waals surface area contributed by atoms with Crippen LogP contribution in [-0.4, -0.2) is 38.7 Å². The number of hydrogen-bond donors (Lipinski definition) is 4. The molecule has 0 bridgehead atoms. The molecule has 0 spiro atoms. The van der Waals surface area contributed by atoms with Crippen molar-refractivity contribution in [1.82, 2.24) is 16.0 Å². The van der Waals surface area contributed by atoms with Gasteiger partial charge in [0.25, 0.3) is 0 Å². The number of hydrogen-bond acceptors (Lipinski definition) is 5. The van der Waals surface area contributed by atoms with Gasteiger partial charge in [-0.2, -0.15) is 0 Å². The number of nitrogens with two attached hydrogens (primary N) is 1. The predicted molar refractivity (Wildman–Crippen MR) is 89.8 cm³/mol. The fourth-order valence-corrected chi connectivity index (χ4v) is 2.13. The van der Waals surface area contributed by atoms with Crippen molar-refractivity contribution >= 4 is 17.7 Å². The third-order valence-corrected chi connectivity index (χ3v) is 3.42. The van der Waals surface area contributed by atoms with Crippen molar-refractivity contribution in [3.05, 3.63) is 29.8 Å². The van der Waals surface area contributed by atoms with Crippen molar-refractivity contribution in [2.24, 2.45) is 0 Å². The molecule has 2 amide bonds. The number of likely N-dealkylation sites (N-methyl/N-ethyl adjacent to an activating group) is 2. The molecule has 1 aromatic rings. The van der Waals surface area contributed by atoms with Gasteiger partial charge in [0.2, 0.25) is 5.91 Å². The highest BCUT2D eigenvalue weighted by Crippen LogP contribution is 2.07. The topological polar surface area (TPSA) is 105 Å². The first-order valence-electron chi connectivity index (χ1n) is 7.70. The molecule has 1 rings (SSSR count). The van der Waals surface area contributed by atoms with Crippen LogP contribution in [0.3, 0.4) is 0 Å². The molecule has 0 aliphatic carbocycles. The Morgan fingerprint density at radius 1 is 1.26 bits per heavy atom. The minimum Gasteiger partial charge on any atom is -0.445 e. The Bertz CT molecular complexity index is 508. The number of nitrogen functional groups attached to an aromatic ring is 1. The van der Waals surface area contributed by atoms with Gasteiger partial charge in [0.05, 0.1) is 6.04 Å². The lowest BCUT2D eigenvalue weighted by molar-refractivity contribution is -0.122. The van der Waals surface area contributed by atoms with E-state index in [1.165, 1.54) is 0 Å². The summed E-state index contributed by atoms with van der Waals surface area (Å²) in [5, 5.41) is 8.26. The first-order valence-corrected chi connectivity index (χ1v) is 7.70. The van der Waals surface area contributed by atoms with E-state index in [2.05, 4.69) is 16.0 Å². The number of carbonyl (C=O) groups is 2. The number of carbonyl (C=O) groups excluding carboxylic acids is 2. The second-order valence-corrected chi connectivity index (χ2v) is 5.20. The summed E-state index contributed by atoms with van der Waals surface area (Å²) in [6, 6.07) is 7.01. The van der Waals surface area contributed by atoms with Crippen LogP contribution in [0.2, 0.25) is 0 Å². The van der Waals surface area contributed by atoms with Gasteiger partial charge in [-0.25, -0.2) is 4.79 Å². The van der Waals surface area contributed by atoms with E-state index in [1.807, 2.05) is 12.1 Å². The largest absolute Gasteiger partial charge is 0.445 e. The van der Waals surface area contributed by atoms with Crippen LogP contribution < -0.4 is 21.7 Å². The first kappa shape index (κ1) is 18.8. The molecule has 0 aliphatic rings. The molecular weight excluding hydrogens is 296 g/mol. The summed E-state index contributed by atoms with van der Waals surface area (Å²) in [5.41, 5.74) is 7.15. The number of amides is 2. The summed E-state index contributed by atoms with van der Waals surface area (Å²) < 4.78 is 5.11. The van der Waals surface area contributed by atoms with Crippen LogP contribution in [0.1, 0.15) is 24.8 Å². The minimum atomic E-state index is -0.455. The number of unbranched alkanes of at least 4 members (excludes halogenated alkanes) is 1. The van der Waals surface area contributed by atoms with E-state index < -0.39 is 6.09 Å². The van der Waals surface area contributed by atoms with Gasteiger partial charge >= 0.3 is 6.09 Å². The summed E-state index contributed by atoms with van der Waals surface area (Å²) in [5.74, 6) is -0.0259. The molecule has 0 aliphatic heterocycles. The molecular formula is C16H26N4O3. The average Bonchev–Trinajstić information content (AvgIpc) is 2.55. The normalized spacial score (nSPS) is 11.6. The van der Waals surface area contributed by atoms with Crippen molar-refractivity contribution in [2.45, 2.75) is 31.9 Å². The van der Waals surface area contributed by atoms with Crippen molar-refractivity contribution in [3.63, 3.8) is 0 Å². The molecule has 1 aromatic carbocycles. The first-order chi connectivity index (χ1) is 11.1. The summed E-state index contributed by atoms with van der Waals surface area (Å²) >= 11 is 0. The number of rotatable bonds is 9. The highest BCUT2D eigenvalue weighted by molar-refractivity contribution is 5.81. The Labute approximate surface area is 137 Å². The highest BCUT2D eigenvalue weighted by Gasteiger charge is 2.13. The van der Waals surface area contributed by atoms with Gasteiger partial charge in [-0.1, -0.05) is 12.1 Å². The number of ether oxygens (including phenoxy) is 1. The quantitative estimate of drug-likeness (QED) is 0.401. The molecule has 5 N–H and O–H groups in total. The van der Waals surface area contributed by atoms with Crippen LogP contribution >= 0.6 is 0 Å². The smallest absolute Gasteiger partial charge is 0.407 e. The van der Waals surface area contributed by atoms with Gasteiger partial charge in [0, 0.05) is 19.3 Å². The standard InChI is InChI=1S/C16H26N4O3/c1-18-14(15(21)19-2)8-3-4-9-20-16(22)23-11-12-6-5-7-13(17)10-12/h5-7,10,14,18H,3-4,8-9,11,17H2,1-2H3,(H,19,21)(H,20,22)/t14-/m0/s1. The fraction of sp³-hybridized carbons (Fsp3) is 0.500. The molecule has 0 aromatic heterocycles. The molecule has 1 atom stereocenters. The third-order valence-electron chi connectivity index (χ3n) is 3.42.